The van der Waals surface area contributed by atoms with Crippen LogP contribution in [0.3, 0.4) is 0 Å². The summed E-state index contributed by atoms with van der Waals surface area (Å²) < 4.78 is 5.42. The van der Waals surface area contributed by atoms with Crippen molar-refractivity contribution in [3.63, 3.8) is 0 Å². The van der Waals surface area contributed by atoms with Gasteiger partial charge in [0, 0.05) is 19.6 Å². The smallest absolute Gasteiger partial charge is 0.337 e. The lowest BCUT2D eigenvalue weighted by Crippen LogP contribution is -2.35. The molecule has 6 heteroatoms. The molecule has 0 amide bonds. The van der Waals surface area contributed by atoms with Crippen LogP contribution < -0.4 is 0 Å². The zero-order valence-corrected chi connectivity index (χ0v) is 16.5. The Balaban J connectivity index is 1.55. The lowest BCUT2D eigenvalue weighted by Gasteiger charge is -2.26. The van der Waals surface area contributed by atoms with E-state index < -0.39 is 5.97 Å². The highest BCUT2D eigenvalue weighted by atomic mass is 16.5. The maximum atomic E-state index is 11.4. The molecule has 1 heterocycles. The molecule has 0 aliphatic carbocycles. The summed E-state index contributed by atoms with van der Waals surface area (Å²) in [5, 5.41) is 12.6. The molecule has 1 saturated heterocycles. The van der Waals surface area contributed by atoms with Crippen LogP contribution in [-0.2, 0) is 11.3 Å². The topological polar surface area (TPSA) is 86.0 Å². The zero-order valence-electron chi connectivity index (χ0n) is 16.5. The first kappa shape index (κ1) is 19.9. The first-order valence-corrected chi connectivity index (χ1v) is 9.89. The molecule has 0 radical (unpaired) electrons. The van der Waals surface area contributed by atoms with Gasteiger partial charge in [0.2, 0.25) is 0 Å². The number of benzene rings is 3. The Morgan fingerprint density at radius 1 is 0.933 bits per heavy atom. The van der Waals surface area contributed by atoms with E-state index in [0.29, 0.717) is 0 Å². The fourth-order valence-corrected chi connectivity index (χ4v) is 3.71. The van der Waals surface area contributed by atoms with Crippen LogP contribution in [0.4, 0.5) is 5.69 Å². The Bertz CT molecular complexity index is 1060. The molecule has 0 spiro atoms. The summed E-state index contributed by atoms with van der Waals surface area (Å²) >= 11 is 0. The van der Waals surface area contributed by atoms with Gasteiger partial charge in [-0.1, -0.05) is 48.5 Å². The lowest BCUT2D eigenvalue weighted by molar-refractivity contribution is 0.0342. The van der Waals surface area contributed by atoms with Crippen molar-refractivity contribution in [1.29, 1.82) is 5.53 Å². The summed E-state index contributed by atoms with van der Waals surface area (Å²) in [6.07, 6.45) is 0. The van der Waals surface area contributed by atoms with Gasteiger partial charge in [0.1, 0.15) is 0 Å². The number of aromatic carboxylic acids is 1. The van der Waals surface area contributed by atoms with Crippen LogP contribution in [0.1, 0.15) is 15.9 Å². The molecule has 3 aromatic carbocycles. The summed E-state index contributed by atoms with van der Waals surface area (Å²) in [5.74, 6) is -1.09. The number of morpholine rings is 1. The van der Waals surface area contributed by atoms with E-state index in [0.717, 1.165) is 55.1 Å². The van der Waals surface area contributed by atoms with Crippen molar-refractivity contribution in [2.75, 3.05) is 26.3 Å². The van der Waals surface area contributed by atoms with Crippen molar-refractivity contribution in [3.8, 4) is 22.3 Å². The SMILES string of the molecule is N=Nc1ccc(-c2ccc(-c3cccc(CN4CCOCC4)c3)cc2)cc1C(=O)O. The second kappa shape index (κ2) is 8.98. The molecule has 3 aromatic rings. The standard InChI is InChI=1S/C24H23N3O3/c25-26-23-9-8-21(15-22(23)24(28)29)19-6-4-18(5-7-19)20-3-1-2-17(14-20)16-27-10-12-30-13-11-27/h1-9,14-15,25H,10-13,16H2,(H,28,29). The molecule has 1 aliphatic rings. The van der Waals surface area contributed by atoms with Crippen LogP contribution >= 0.6 is 0 Å². The van der Waals surface area contributed by atoms with Crippen LogP contribution in [0.5, 0.6) is 0 Å². The minimum Gasteiger partial charge on any atom is -0.478 e. The molecule has 30 heavy (non-hydrogen) atoms. The molecule has 0 saturated carbocycles. The van der Waals surface area contributed by atoms with Gasteiger partial charge in [-0.2, -0.15) is 5.11 Å². The van der Waals surface area contributed by atoms with E-state index in [1.165, 1.54) is 5.56 Å². The van der Waals surface area contributed by atoms with E-state index in [4.69, 9.17) is 10.3 Å². The van der Waals surface area contributed by atoms with Crippen LogP contribution in [0.2, 0.25) is 0 Å². The molecule has 0 aromatic heterocycles. The second-order valence-corrected chi connectivity index (χ2v) is 7.32. The number of hydrogen-bond donors (Lipinski definition) is 2. The Morgan fingerprint density at radius 3 is 2.20 bits per heavy atom. The molecule has 6 nitrogen and oxygen atoms in total. The van der Waals surface area contributed by atoms with Gasteiger partial charge in [0.25, 0.3) is 0 Å². The lowest BCUT2D eigenvalue weighted by atomic mass is 9.97. The van der Waals surface area contributed by atoms with Crippen molar-refractivity contribution in [2.24, 2.45) is 5.11 Å². The van der Waals surface area contributed by atoms with Gasteiger partial charge in [-0.25, -0.2) is 10.3 Å². The van der Waals surface area contributed by atoms with Crippen molar-refractivity contribution in [2.45, 2.75) is 6.54 Å². The van der Waals surface area contributed by atoms with Gasteiger partial charge in [-0.05, 0) is 46.0 Å². The maximum Gasteiger partial charge on any atom is 0.337 e. The Hall–Kier alpha value is -3.35. The van der Waals surface area contributed by atoms with Gasteiger partial charge in [-0.15, -0.1) is 0 Å². The average Bonchev–Trinajstić information content (AvgIpc) is 2.79. The van der Waals surface area contributed by atoms with Crippen molar-refractivity contribution >= 4 is 11.7 Å². The summed E-state index contributed by atoms with van der Waals surface area (Å²) in [4.78, 5) is 13.8. The quantitative estimate of drug-likeness (QED) is 0.555. The predicted octanol–water partition coefficient (Wildman–Crippen LogP) is 5.21. The number of nitrogens with zero attached hydrogens (tertiary/aromatic N) is 2. The number of carbonyl (C=O) groups is 1. The van der Waals surface area contributed by atoms with Gasteiger partial charge in [-0.3, -0.25) is 4.90 Å². The van der Waals surface area contributed by atoms with Gasteiger partial charge >= 0.3 is 5.97 Å². The van der Waals surface area contributed by atoms with E-state index in [-0.39, 0.29) is 11.3 Å². The number of nitrogens with one attached hydrogen (secondary N) is 1. The van der Waals surface area contributed by atoms with Gasteiger partial charge < -0.3 is 9.84 Å². The summed E-state index contributed by atoms with van der Waals surface area (Å²) in [5.41, 5.74) is 12.6. The molecule has 0 unspecified atom stereocenters. The van der Waals surface area contributed by atoms with E-state index in [1.807, 2.05) is 24.3 Å². The summed E-state index contributed by atoms with van der Waals surface area (Å²) in [6.45, 7) is 4.43. The van der Waals surface area contributed by atoms with Crippen LogP contribution in [0, 0.1) is 5.53 Å². The summed E-state index contributed by atoms with van der Waals surface area (Å²) in [6, 6.07) is 21.5. The third-order valence-corrected chi connectivity index (χ3v) is 5.34. The van der Waals surface area contributed by atoms with E-state index in [9.17, 15) is 9.90 Å². The fraction of sp³-hybridized carbons (Fsp3) is 0.208. The number of carboxylic acids is 1. The number of rotatable bonds is 6. The monoisotopic (exact) mass is 401 g/mol. The van der Waals surface area contributed by atoms with E-state index >= 15 is 0 Å². The Morgan fingerprint density at radius 2 is 1.57 bits per heavy atom. The van der Waals surface area contributed by atoms with Crippen LogP contribution in [-0.4, -0.2) is 42.3 Å². The van der Waals surface area contributed by atoms with E-state index in [1.54, 1.807) is 18.2 Å². The first-order valence-electron chi connectivity index (χ1n) is 9.89. The Labute approximate surface area is 175 Å². The van der Waals surface area contributed by atoms with Gasteiger partial charge in [0.15, 0.2) is 0 Å². The molecule has 1 fully saturated rings. The minimum atomic E-state index is -1.09. The van der Waals surface area contributed by atoms with E-state index in [2.05, 4.69) is 34.3 Å². The number of carboxylic acid groups (broad SMARTS) is 1. The molecule has 0 atom stereocenters. The molecular formula is C24H23N3O3. The molecule has 2 N–H and O–H groups in total. The fourth-order valence-electron chi connectivity index (χ4n) is 3.71. The highest BCUT2D eigenvalue weighted by Crippen LogP contribution is 2.29. The van der Waals surface area contributed by atoms with Crippen molar-refractivity contribution in [3.05, 3.63) is 77.9 Å². The van der Waals surface area contributed by atoms with Crippen molar-refractivity contribution < 1.29 is 14.6 Å². The molecule has 152 valence electrons. The van der Waals surface area contributed by atoms with Crippen LogP contribution in [0.25, 0.3) is 22.3 Å². The molecule has 1 aliphatic heterocycles. The normalized spacial score (nSPS) is 14.4. The Kier molecular flexibility index (Phi) is 5.97. The highest BCUT2D eigenvalue weighted by Gasteiger charge is 2.13. The number of hydrogen-bond acceptors (Lipinski definition) is 5. The largest absolute Gasteiger partial charge is 0.478 e. The highest BCUT2D eigenvalue weighted by molar-refractivity contribution is 5.95. The first-order chi connectivity index (χ1) is 14.6. The maximum absolute atomic E-state index is 11.4. The summed E-state index contributed by atoms with van der Waals surface area (Å²) in [7, 11) is 0. The molecule has 0 bridgehead atoms. The van der Waals surface area contributed by atoms with Crippen molar-refractivity contribution in [1.82, 2.24) is 4.90 Å². The second-order valence-electron chi connectivity index (χ2n) is 7.32. The third-order valence-electron chi connectivity index (χ3n) is 5.34. The number of ether oxygens (including phenoxy) is 1. The van der Waals surface area contributed by atoms with Gasteiger partial charge in [0.05, 0.1) is 24.5 Å². The molecular weight excluding hydrogens is 378 g/mol. The third kappa shape index (κ3) is 4.45. The molecule has 4 rings (SSSR count). The predicted molar refractivity (Wildman–Crippen MR) is 115 cm³/mol. The zero-order chi connectivity index (χ0) is 20.9. The average molecular weight is 401 g/mol. The minimum absolute atomic E-state index is 0.0300. The van der Waals surface area contributed by atoms with Crippen LogP contribution in [0.15, 0.2) is 71.8 Å².